The van der Waals surface area contributed by atoms with Gasteiger partial charge in [0.05, 0.1) is 11.2 Å². The summed E-state index contributed by atoms with van der Waals surface area (Å²) in [5.41, 5.74) is 2.91. The third kappa shape index (κ3) is 3.74. The maximum Gasteiger partial charge on any atom is 0.0795 e. The molecule has 0 aromatic carbocycles. The van der Waals surface area contributed by atoms with Crippen molar-refractivity contribution < 1.29 is 5.11 Å². The van der Waals surface area contributed by atoms with Crippen molar-refractivity contribution in [1.82, 2.24) is 9.88 Å². The summed E-state index contributed by atoms with van der Waals surface area (Å²) in [4.78, 5) is 6.41. The lowest BCUT2D eigenvalue weighted by Gasteiger charge is -2.27. The van der Waals surface area contributed by atoms with Gasteiger partial charge in [0.2, 0.25) is 0 Å². The average molecular weight is 214 g/mol. The third-order valence-electron chi connectivity index (χ3n) is 2.04. The molecule has 0 radical (unpaired) electrons. The Labute approximate surface area is 89.4 Å². The lowest BCUT2D eigenvalue weighted by Crippen LogP contribution is -2.33. The van der Waals surface area contributed by atoms with Crippen LogP contribution in [0.4, 0.5) is 0 Å². The maximum absolute atomic E-state index is 9.13. The number of aliphatic hydroxyl groups excluding tert-OH is 1. The van der Waals surface area contributed by atoms with Gasteiger partial charge in [-0.2, -0.15) is 0 Å². The second-order valence-corrected chi connectivity index (χ2v) is 5.19. The van der Waals surface area contributed by atoms with Crippen LogP contribution in [0.25, 0.3) is 0 Å². The van der Waals surface area contributed by atoms with E-state index >= 15 is 0 Å². The van der Waals surface area contributed by atoms with E-state index in [1.54, 1.807) is 11.3 Å². The zero-order chi connectivity index (χ0) is 10.6. The Balaban J connectivity index is 2.40. The van der Waals surface area contributed by atoms with Gasteiger partial charge in [-0.25, -0.2) is 4.98 Å². The Morgan fingerprint density at radius 1 is 1.57 bits per heavy atom. The van der Waals surface area contributed by atoms with Gasteiger partial charge in [-0.1, -0.05) is 13.8 Å². The zero-order valence-corrected chi connectivity index (χ0v) is 9.84. The van der Waals surface area contributed by atoms with Crippen molar-refractivity contribution in [2.75, 3.05) is 20.2 Å². The van der Waals surface area contributed by atoms with Crippen LogP contribution in [-0.4, -0.2) is 35.2 Å². The van der Waals surface area contributed by atoms with E-state index in [2.05, 4.69) is 36.2 Å². The van der Waals surface area contributed by atoms with Crippen LogP contribution in [0.3, 0.4) is 0 Å². The highest BCUT2D eigenvalue weighted by atomic mass is 32.1. The molecule has 3 nitrogen and oxygen atoms in total. The van der Waals surface area contributed by atoms with Crippen LogP contribution in [0.5, 0.6) is 0 Å². The van der Waals surface area contributed by atoms with Crippen LogP contribution in [0.1, 0.15) is 19.5 Å². The first-order valence-electron chi connectivity index (χ1n) is 4.70. The predicted octanol–water partition coefficient (Wildman–Crippen LogP) is 1.59. The smallest absolute Gasteiger partial charge is 0.0795 e. The highest BCUT2D eigenvalue weighted by molar-refractivity contribution is 7.07. The van der Waals surface area contributed by atoms with Crippen molar-refractivity contribution >= 4 is 11.3 Å². The Morgan fingerprint density at radius 3 is 2.79 bits per heavy atom. The molecule has 0 aliphatic rings. The summed E-state index contributed by atoms with van der Waals surface area (Å²) in [5, 5.41) is 11.2. The molecule has 0 aliphatic carbocycles. The number of aliphatic hydroxyl groups is 1. The third-order valence-corrected chi connectivity index (χ3v) is 2.68. The minimum Gasteiger partial charge on any atom is -0.396 e. The molecular formula is C10H18N2OS. The van der Waals surface area contributed by atoms with Gasteiger partial charge in [-0.05, 0) is 7.05 Å². The van der Waals surface area contributed by atoms with Crippen LogP contribution in [0.2, 0.25) is 0 Å². The summed E-state index contributed by atoms with van der Waals surface area (Å²) in [6, 6.07) is 0. The number of hydrogen-bond acceptors (Lipinski definition) is 4. The quantitative estimate of drug-likeness (QED) is 0.808. The molecule has 0 bridgehead atoms. The van der Waals surface area contributed by atoms with Gasteiger partial charge in [0.1, 0.15) is 0 Å². The minimum absolute atomic E-state index is 0.0369. The fourth-order valence-electron chi connectivity index (χ4n) is 1.43. The molecule has 14 heavy (non-hydrogen) atoms. The second-order valence-electron chi connectivity index (χ2n) is 4.47. The number of hydrogen-bond donors (Lipinski definition) is 1. The highest BCUT2D eigenvalue weighted by Crippen LogP contribution is 2.16. The van der Waals surface area contributed by atoms with Crippen molar-refractivity contribution in [1.29, 1.82) is 0 Å². The van der Waals surface area contributed by atoms with Gasteiger partial charge in [0.15, 0.2) is 0 Å². The van der Waals surface area contributed by atoms with Crippen LogP contribution in [-0.2, 0) is 6.54 Å². The maximum atomic E-state index is 9.13. The fourth-order valence-corrected chi connectivity index (χ4v) is 1.98. The molecule has 0 amide bonds. The van der Waals surface area contributed by atoms with Gasteiger partial charge in [0, 0.05) is 30.5 Å². The van der Waals surface area contributed by atoms with Gasteiger partial charge >= 0.3 is 0 Å². The lowest BCUT2D eigenvalue weighted by atomic mass is 9.94. The largest absolute Gasteiger partial charge is 0.396 e. The van der Waals surface area contributed by atoms with Crippen molar-refractivity contribution in [2.45, 2.75) is 20.4 Å². The van der Waals surface area contributed by atoms with Crippen LogP contribution < -0.4 is 0 Å². The lowest BCUT2D eigenvalue weighted by molar-refractivity contribution is 0.112. The van der Waals surface area contributed by atoms with Gasteiger partial charge < -0.3 is 5.11 Å². The van der Waals surface area contributed by atoms with E-state index in [0.29, 0.717) is 0 Å². The number of nitrogens with zero attached hydrogens (tertiary/aromatic N) is 2. The molecule has 0 atom stereocenters. The first-order chi connectivity index (χ1) is 6.53. The molecule has 1 aromatic rings. The number of thiazole rings is 1. The molecule has 4 heteroatoms. The Morgan fingerprint density at radius 2 is 2.29 bits per heavy atom. The van der Waals surface area contributed by atoms with E-state index in [1.807, 2.05) is 5.51 Å². The van der Waals surface area contributed by atoms with Crippen LogP contribution in [0, 0.1) is 5.41 Å². The van der Waals surface area contributed by atoms with Gasteiger partial charge in [-0.15, -0.1) is 11.3 Å². The van der Waals surface area contributed by atoms with Crippen molar-refractivity contribution in [3.63, 3.8) is 0 Å². The summed E-state index contributed by atoms with van der Waals surface area (Å²) < 4.78 is 0. The number of rotatable bonds is 5. The molecule has 1 heterocycles. The van der Waals surface area contributed by atoms with Crippen molar-refractivity contribution in [2.24, 2.45) is 5.41 Å². The van der Waals surface area contributed by atoms with Gasteiger partial charge in [-0.3, -0.25) is 4.90 Å². The Bertz CT molecular complexity index is 259. The summed E-state index contributed by atoms with van der Waals surface area (Å²) in [6.07, 6.45) is 0. The first kappa shape index (κ1) is 11.6. The summed E-state index contributed by atoms with van der Waals surface area (Å²) in [7, 11) is 2.05. The van der Waals surface area contributed by atoms with Crippen molar-refractivity contribution in [3.05, 3.63) is 16.6 Å². The van der Waals surface area contributed by atoms with E-state index in [1.165, 1.54) is 0 Å². The molecule has 1 rings (SSSR count). The number of aromatic nitrogens is 1. The molecule has 1 aromatic heterocycles. The second kappa shape index (κ2) is 4.87. The van der Waals surface area contributed by atoms with Crippen LogP contribution in [0.15, 0.2) is 10.9 Å². The normalized spacial score (nSPS) is 12.4. The van der Waals surface area contributed by atoms with Crippen molar-refractivity contribution in [3.8, 4) is 0 Å². The molecule has 0 saturated carbocycles. The van der Waals surface area contributed by atoms with E-state index in [4.69, 9.17) is 5.11 Å². The molecule has 0 spiro atoms. The summed E-state index contributed by atoms with van der Waals surface area (Å²) in [5.74, 6) is 0. The molecule has 0 saturated heterocycles. The van der Waals surface area contributed by atoms with Crippen LogP contribution >= 0.6 is 11.3 Å². The van der Waals surface area contributed by atoms with E-state index in [9.17, 15) is 0 Å². The average Bonchev–Trinajstić information content (AvgIpc) is 2.55. The molecular weight excluding hydrogens is 196 g/mol. The van der Waals surface area contributed by atoms with Gasteiger partial charge in [0.25, 0.3) is 0 Å². The Hall–Kier alpha value is -0.450. The topological polar surface area (TPSA) is 36.4 Å². The van der Waals surface area contributed by atoms with E-state index < -0.39 is 0 Å². The molecule has 1 N–H and O–H groups in total. The monoisotopic (exact) mass is 214 g/mol. The predicted molar refractivity (Wildman–Crippen MR) is 59.3 cm³/mol. The standard InChI is InChI=1S/C10H18N2OS/c1-10(2,7-13)6-12(3)4-9-5-14-8-11-9/h5,8,13H,4,6-7H2,1-3H3. The Kier molecular flexibility index (Phi) is 4.04. The highest BCUT2D eigenvalue weighted by Gasteiger charge is 2.18. The summed E-state index contributed by atoms with van der Waals surface area (Å²) >= 11 is 1.62. The van der Waals surface area contributed by atoms with E-state index in [-0.39, 0.29) is 12.0 Å². The molecule has 0 fully saturated rings. The molecule has 80 valence electrons. The first-order valence-corrected chi connectivity index (χ1v) is 5.64. The fraction of sp³-hybridized carbons (Fsp3) is 0.700. The molecule has 0 unspecified atom stereocenters. The van der Waals surface area contributed by atoms with E-state index in [0.717, 1.165) is 18.8 Å². The minimum atomic E-state index is -0.0369. The molecule has 0 aliphatic heterocycles. The zero-order valence-electron chi connectivity index (χ0n) is 9.03. The summed E-state index contributed by atoms with van der Waals surface area (Å²) in [6.45, 7) is 6.07. The SMILES string of the molecule is CN(Cc1cscn1)CC(C)(C)CO.